The van der Waals surface area contributed by atoms with Crippen molar-refractivity contribution < 1.29 is 0 Å². The van der Waals surface area contributed by atoms with Gasteiger partial charge in [0.15, 0.2) is 5.17 Å². The minimum Gasteiger partial charge on any atom is -0.369 e. The maximum Gasteiger partial charge on any atom is 0.189 e. The number of hydrogen-bond acceptors (Lipinski definition) is 3. The molecule has 4 heteroatoms. The van der Waals surface area contributed by atoms with Gasteiger partial charge in [0.1, 0.15) is 0 Å². The molecule has 0 aromatic rings. The van der Waals surface area contributed by atoms with Crippen LogP contribution in [0.1, 0.15) is 20.8 Å². The van der Waals surface area contributed by atoms with Gasteiger partial charge >= 0.3 is 0 Å². The molecule has 0 atom stereocenters. The van der Waals surface area contributed by atoms with Crippen LogP contribution in [-0.2, 0) is 0 Å². The first-order chi connectivity index (χ1) is 6.39. The number of nitrogens with zero attached hydrogens (tertiary/aromatic N) is 3. The van der Waals surface area contributed by atoms with Crippen LogP contribution in [0.4, 0.5) is 0 Å². The van der Waals surface area contributed by atoms with Crippen molar-refractivity contribution in [1.29, 1.82) is 0 Å². The Labute approximate surface area is 90.0 Å². The first kappa shape index (κ1) is 11.3. The molecule has 0 radical (unpaired) electrons. The Bertz CT molecular complexity index is 300. The summed E-state index contributed by atoms with van der Waals surface area (Å²) in [6.07, 6.45) is 3.94. The Morgan fingerprint density at radius 3 is 2.64 bits per heavy atom. The highest BCUT2D eigenvalue weighted by atomic mass is 32.2. The van der Waals surface area contributed by atoms with Crippen molar-refractivity contribution in [1.82, 2.24) is 4.90 Å². The van der Waals surface area contributed by atoms with E-state index in [4.69, 9.17) is 0 Å². The fourth-order valence-electron chi connectivity index (χ4n) is 1.19. The van der Waals surface area contributed by atoms with E-state index >= 15 is 0 Å². The highest BCUT2D eigenvalue weighted by Crippen LogP contribution is 2.33. The van der Waals surface area contributed by atoms with Crippen LogP contribution >= 0.6 is 11.8 Å². The molecule has 0 aliphatic carbocycles. The van der Waals surface area contributed by atoms with Gasteiger partial charge in [-0.25, -0.2) is 9.98 Å². The van der Waals surface area contributed by atoms with Gasteiger partial charge in [-0.15, -0.1) is 0 Å². The Kier molecular flexibility index (Phi) is 3.37. The second-order valence-corrected chi connectivity index (χ2v) is 5.72. The normalized spacial score (nSPS) is 20.6. The molecule has 0 unspecified atom stereocenters. The molecule has 14 heavy (non-hydrogen) atoms. The fourth-order valence-corrected chi connectivity index (χ4v) is 2.18. The number of allylic oxidation sites excluding steroid dienone is 1. The zero-order valence-corrected chi connectivity index (χ0v) is 10.2. The molecule has 1 aliphatic rings. The highest BCUT2D eigenvalue weighted by Gasteiger charge is 2.22. The maximum absolute atomic E-state index is 4.37. The molecule has 0 N–H and O–H groups in total. The lowest BCUT2D eigenvalue weighted by Crippen LogP contribution is -2.18. The van der Waals surface area contributed by atoms with E-state index in [-0.39, 0.29) is 4.75 Å². The second-order valence-electron chi connectivity index (χ2n) is 4.09. The van der Waals surface area contributed by atoms with E-state index in [9.17, 15) is 0 Å². The van der Waals surface area contributed by atoms with Crippen LogP contribution in [-0.4, -0.2) is 35.2 Å². The van der Waals surface area contributed by atoms with Gasteiger partial charge in [0.2, 0.25) is 0 Å². The van der Waals surface area contributed by atoms with Gasteiger partial charge in [0.05, 0.1) is 6.34 Å². The molecule has 0 aromatic carbocycles. The highest BCUT2D eigenvalue weighted by molar-refractivity contribution is 8.15. The van der Waals surface area contributed by atoms with Gasteiger partial charge in [0.25, 0.3) is 0 Å². The number of hydrogen-bond donors (Lipinski definition) is 0. The van der Waals surface area contributed by atoms with E-state index in [0.717, 1.165) is 10.9 Å². The number of rotatable bonds is 1. The van der Waals surface area contributed by atoms with Crippen molar-refractivity contribution in [3.8, 4) is 0 Å². The zero-order valence-electron chi connectivity index (χ0n) is 9.40. The second kappa shape index (κ2) is 4.17. The van der Waals surface area contributed by atoms with Crippen LogP contribution in [0.5, 0.6) is 0 Å². The van der Waals surface area contributed by atoms with Crippen LogP contribution < -0.4 is 0 Å². The van der Waals surface area contributed by atoms with Gasteiger partial charge in [-0.05, 0) is 26.8 Å². The van der Waals surface area contributed by atoms with Crippen molar-refractivity contribution >= 4 is 23.3 Å². The van der Waals surface area contributed by atoms with E-state index < -0.39 is 0 Å². The SMILES string of the molecule is CC1=CC(C)(C)SC(/N=C\N(C)C)=N1. The van der Waals surface area contributed by atoms with Crippen molar-refractivity contribution in [3.63, 3.8) is 0 Å². The average Bonchev–Trinajstić information content (AvgIpc) is 1.96. The standard InChI is InChI=1S/C10H17N3S/c1-8-6-10(2,3)14-9(12-8)11-7-13(4)5/h6-7H,1-5H3/b11-7-. The van der Waals surface area contributed by atoms with Gasteiger partial charge < -0.3 is 4.90 Å². The minimum atomic E-state index is 0.102. The van der Waals surface area contributed by atoms with Crippen molar-refractivity contribution in [2.75, 3.05) is 14.1 Å². The zero-order chi connectivity index (χ0) is 10.8. The molecule has 0 saturated carbocycles. The summed E-state index contributed by atoms with van der Waals surface area (Å²) in [7, 11) is 3.90. The Morgan fingerprint density at radius 2 is 2.14 bits per heavy atom. The van der Waals surface area contributed by atoms with Crippen LogP contribution in [0.3, 0.4) is 0 Å². The molecule has 3 nitrogen and oxygen atoms in total. The third-order valence-corrected chi connectivity index (χ3v) is 2.61. The van der Waals surface area contributed by atoms with Crippen LogP contribution in [0, 0.1) is 0 Å². The molecular weight excluding hydrogens is 194 g/mol. The van der Waals surface area contributed by atoms with E-state index in [1.807, 2.05) is 25.9 Å². The fraction of sp³-hybridized carbons (Fsp3) is 0.600. The smallest absolute Gasteiger partial charge is 0.189 e. The summed E-state index contributed by atoms with van der Waals surface area (Å²) in [5.41, 5.74) is 1.04. The average molecular weight is 211 g/mol. The number of amidine groups is 1. The molecular formula is C10H17N3S. The lowest BCUT2D eigenvalue weighted by Gasteiger charge is -2.23. The van der Waals surface area contributed by atoms with E-state index in [1.54, 1.807) is 18.1 Å². The topological polar surface area (TPSA) is 28.0 Å². The number of thioether (sulfide) groups is 1. The first-order valence-electron chi connectivity index (χ1n) is 4.57. The van der Waals surface area contributed by atoms with Crippen LogP contribution in [0.15, 0.2) is 21.8 Å². The molecule has 1 aliphatic heterocycles. The van der Waals surface area contributed by atoms with Gasteiger partial charge in [0, 0.05) is 24.5 Å². The predicted octanol–water partition coefficient (Wildman–Crippen LogP) is 2.36. The monoisotopic (exact) mass is 211 g/mol. The van der Waals surface area contributed by atoms with Crippen LogP contribution in [0.25, 0.3) is 0 Å². The molecule has 1 heterocycles. The summed E-state index contributed by atoms with van der Waals surface area (Å²) in [5, 5.41) is 0.837. The van der Waals surface area contributed by atoms with Crippen molar-refractivity contribution in [2.24, 2.45) is 9.98 Å². The maximum atomic E-state index is 4.37. The molecule has 0 spiro atoms. The lowest BCUT2D eigenvalue weighted by atomic mass is 10.2. The van der Waals surface area contributed by atoms with Gasteiger partial charge in [-0.1, -0.05) is 11.8 Å². The van der Waals surface area contributed by atoms with E-state index in [0.29, 0.717) is 0 Å². The molecule has 0 saturated heterocycles. The van der Waals surface area contributed by atoms with Gasteiger partial charge in [-0.3, -0.25) is 0 Å². The third kappa shape index (κ3) is 3.54. The van der Waals surface area contributed by atoms with Crippen LogP contribution in [0.2, 0.25) is 0 Å². The quantitative estimate of drug-likeness (QED) is 0.492. The first-order valence-corrected chi connectivity index (χ1v) is 5.38. The summed E-state index contributed by atoms with van der Waals surface area (Å²) in [5.74, 6) is 0. The van der Waals surface area contributed by atoms with E-state index in [2.05, 4.69) is 29.9 Å². The molecule has 0 aromatic heterocycles. The molecule has 0 fully saturated rings. The molecule has 0 bridgehead atoms. The largest absolute Gasteiger partial charge is 0.369 e. The Hall–Kier alpha value is -0.770. The van der Waals surface area contributed by atoms with Crippen molar-refractivity contribution in [2.45, 2.75) is 25.5 Å². The Balaban J connectivity index is 2.78. The summed E-state index contributed by atoms with van der Waals surface area (Å²) in [6.45, 7) is 6.34. The number of aliphatic imine (C=N–C) groups is 2. The lowest BCUT2D eigenvalue weighted by molar-refractivity contribution is 0.644. The predicted molar refractivity (Wildman–Crippen MR) is 65.0 cm³/mol. The summed E-state index contributed by atoms with van der Waals surface area (Å²) in [4.78, 5) is 10.6. The molecule has 0 amide bonds. The minimum absolute atomic E-state index is 0.102. The molecule has 1 rings (SSSR count). The van der Waals surface area contributed by atoms with Gasteiger partial charge in [-0.2, -0.15) is 0 Å². The Morgan fingerprint density at radius 1 is 1.50 bits per heavy atom. The summed E-state index contributed by atoms with van der Waals surface area (Å²) >= 11 is 1.68. The molecule has 78 valence electrons. The third-order valence-electron chi connectivity index (χ3n) is 1.58. The summed E-state index contributed by atoms with van der Waals surface area (Å²) in [6, 6.07) is 0. The summed E-state index contributed by atoms with van der Waals surface area (Å²) < 4.78 is 0.102. The van der Waals surface area contributed by atoms with E-state index in [1.165, 1.54) is 0 Å². The van der Waals surface area contributed by atoms with Crippen molar-refractivity contribution in [3.05, 3.63) is 11.8 Å².